The molecule has 27 heavy (non-hydrogen) atoms. The van der Waals surface area contributed by atoms with Gasteiger partial charge in [-0.3, -0.25) is 0 Å². The summed E-state index contributed by atoms with van der Waals surface area (Å²) < 4.78 is 12.7. The molecule has 136 valence electrons. The molecule has 1 fully saturated rings. The zero-order valence-corrected chi connectivity index (χ0v) is 16.4. The highest BCUT2D eigenvalue weighted by Gasteiger charge is 2.52. The monoisotopic (exact) mass is 356 g/mol. The topological polar surface area (TPSA) is 18.5 Å². The van der Waals surface area contributed by atoms with Crippen molar-refractivity contribution in [3.8, 4) is 22.3 Å². The van der Waals surface area contributed by atoms with Gasteiger partial charge in [-0.2, -0.15) is 0 Å². The van der Waals surface area contributed by atoms with E-state index in [2.05, 4.69) is 100 Å². The highest BCUT2D eigenvalue weighted by Crippen LogP contribution is 2.38. The molecule has 3 aromatic carbocycles. The van der Waals surface area contributed by atoms with Gasteiger partial charge in [0.15, 0.2) is 0 Å². The summed E-state index contributed by atoms with van der Waals surface area (Å²) in [6, 6.07) is 27.4. The van der Waals surface area contributed by atoms with Crippen molar-refractivity contribution >= 4 is 12.6 Å². The molecule has 0 amide bonds. The van der Waals surface area contributed by atoms with Gasteiger partial charge in [-0.05, 0) is 55.4 Å². The van der Waals surface area contributed by atoms with Gasteiger partial charge >= 0.3 is 7.12 Å². The summed E-state index contributed by atoms with van der Waals surface area (Å²) in [4.78, 5) is 0. The van der Waals surface area contributed by atoms with Crippen molar-refractivity contribution < 1.29 is 9.31 Å². The van der Waals surface area contributed by atoms with Crippen molar-refractivity contribution in [3.63, 3.8) is 0 Å². The Kier molecular flexibility index (Phi) is 4.45. The lowest BCUT2D eigenvalue weighted by molar-refractivity contribution is 0.00578. The van der Waals surface area contributed by atoms with Crippen molar-refractivity contribution in [1.29, 1.82) is 0 Å². The van der Waals surface area contributed by atoms with Gasteiger partial charge in [0.1, 0.15) is 0 Å². The van der Waals surface area contributed by atoms with Gasteiger partial charge in [-0.15, -0.1) is 0 Å². The van der Waals surface area contributed by atoms with E-state index in [1.165, 1.54) is 16.7 Å². The number of rotatable bonds is 3. The number of hydrogen-bond acceptors (Lipinski definition) is 2. The SMILES string of the molecule is CC1(C)OB(c2ccccc2-c2ccccc2-c2ccccc2)OC1(C)C. The third-order valence-electron chi connectivity index (χ3n) is 5.77. The van der Waals surface area contributed by atoms with Gasteiger partial charge in [0.05, 0.1) is 11.2 Å². The van der Waals surface area contributed by atoms with Crippen LogP contribution in [0.2, 0.25) is 0 Å². The molecule has 2 nitrogen and oxygen atoms in total. The van der Waals surface area contributed by atoms with Crippen LogP contribution in [0, 0.1) is 0 Å². The first kappa shape index (κ1) is 18.0. The highest BCUT2D eigenvalue weighted by atomic mass is 16.7. The second-order valence-electron chi connectivity index (χ2n) is 8.09. The third-order valence-corrected chi connectivity index (χ3v) is 5.77. The second-order valence-corrected chi connectivity index (χ2v) is 8.09. The van der Waals surface area contributed by atoms with Crippen molar-refractivity contribution in [2.24, 2.45) is 0 Å². The molecule has 0 N–H and O–H groups in total. The van der Waals surface area contributed by atoms with Gasteiger partial charge in [0.25, 0.3) is 0 Å². The molecular weight excluding hydrogens is 331 g/mol. The quantitative estimate of drug-likeness (QED) is 0.592. The van der Waals surface area contributed by atoms with Crippen LogP contribution in [0.3, 0.4) is 0 Å². The third kappa shape index (κ3) is 3.22. The van der Waals surface area contributed by atoms with Gasteiger partial charge in [0.2, 0.25) is 0 Å². The lowest BCUT2D eigenvalue weighted by Gasteiger charge is -2.32. The van der Waals surface area contributed by atoms with Gasteiger partial charge in [-0.1, -0.05) is 78.9 Å². The first-order valence-electron chi connectivity index (χ1n) is 9.48. The molecule has 0 bridgehead atoms. The van der Waals surface area contributed by atoms with Crippen LogP contribution < -0.4 is 5.46 Å². The molecule has 0 aliphatic carbocycles. The van der Waals surface area contributed by atoms with Crippen LogP contribution in [-0.4, -0.2) is 18.3 Å². The van der Waals surface area contributed by atoms with Gasteiger partial charge in [-0.25, -0.2) is 0 Å². The smallest absolute Gasteiger partial charge is 0.399 e. The van der Waals surface area contributed by atoms with E-state index >= 15 is 0 Å². The van der Waals surface area contributed by atoms with Crippen molar-refractivity contribution in [2.45, 2.75) is 38.9 Å². The van der Waals surface area contributed by atoms with Gasteiger partial charge < -0.3 is 9.31 Å². The molecule has 0 saturated carbocycles. The van der Waals surface area contributed by atoms with Crippen LogP contribution >= 0.6 is 0 Å². The summed E-state index contributed by atoms with van der Waals surface area (Å²) >= 11 is 0. The standard InChI is InChI=1S/C24H25BO2/c1-23(2)24(3,4)27-25(26-23)22-17-11-10-16-21(22)20-15-9-8-14-19(20)18-12-6-5-7-13-18/h5-17H,1-4H3. The van der Waals surface area contributed by atoms with Crippen molar-refractivity contribution in [1.82, 2.24) is 0 Å². The molecule has 0 unspecified atom stereocenters. The molecule has 0 radical (unpaired) electrons. The van der Waals surface area contributed by atoms with Crippen LogP contribution in [0.25, 0.3) is 22.3 Å². The lowest BCUT2D eigenvalue weighted by Crippen LogP contribution is -2.41. The molecule has 1 saturated heterocycles. The summed E-state index contributed by atoms with van der Waals surface area (Å²) in [5, 5.41) is 0. The lowest BCUT2D eigenvalue weighted by atomic mass is 9.73. The zero-order valence-electron chi connectivity index (χ0n) is 16.4. The van der Waals surface area contributed by atoms with Crippen LogP contribution in [0.5, 0.6) is 0 Å². The Labute approximate surface area is 162 Å². The normalized spacial score (nSPS) is 17.9. The van der Waals surface area contributed by atoms with Crippen LogP contribution in [-0.2, 0) is 9.31 Å². The van der Waals surface area contributed by atoms with E-state index in [0.29, 0.717) is 0 Å². The number of benzene rings is 3. The highest BCUT2D eigenvalue weighted by molar-refractivity contribution is 6.64. The van der Waals surface area contributed by atoms with E-state index in [1.807, 2.05) is 6.07 Å². The maximum Gasteiger partial charge on any atom is 0.495 e. The molecular formula is C24H25BO2. The Morgan fingerprint density at radius 2 is 1.04 bits per heavy atom. The summed E-state index contributed by atoms with van der Waals surface area (Å²) in [5.74, 6) is 0. The summed E-state index contributed by atoms with van der Waals surface area (Å²) in [6.07, 6.45) is 0. The Balaban J connectivity index is 1.83. The van der Waals surface area contributed by atoms with Crippen LogP contribution in [0.15, 0.2) is 78.9 Å². The molecule has 4 rings (SSSR count). The molecule has 1 aliphatic rings. The van der Waals surface area contributed by atoms with E-state index in [-0.39, 0.29) is 18.3 Å². The van der Waals surface area contributed by atoms with Crippen LogP contribution in [0.1, 0.15) is 27.7 Å². The fourth-order valence-electron chi connectivity index (χ4n) is 3.51. The first-order chi connectivity index (χ1) is 12.9. The minimum absolute atomic E-state index is 0.357. The predicted molar refractivity (Wildman–Crippen MR) is 113 cm³/mol. The van der Waals surface area contributed by atoms with E-state index in [9.17, 15) is 0 Å². The fourth-order valence-corrected chi connectivity index (χ4v) is 3.51. The Bertz CT molecular complexity index is 931. The largest absolute Gasteiger partial charge is 0.495 e. The van der Waals surface area contributed by atoms with Crippen LogP contribution in [0.4, 0.5) is 0 Å². The Morgan fingerprint density at radius 1 is 0.556 bits per heavy atom. The van der Waals surface area contributed by atoms with Crippen molar-refractivity contribution in [2.75, 3.05) is 0 Å². The summed E-state index contributed by atoms with van der Waals surface area (Å²) in [5.41, 5.74) is 5.11. The molecule has 3 aromatic rings. The average Bonchev–Trinajstić information content (AvgIpc) is 2.90. The molecule has 0 spiro atoms. The maximum atomic E-state index is 6.34. The first-order valence-corrected chi connectivity index (χ1v) is 9.48. The summed E-state index contributed by atoms with van der Waals surface area (Å²) in [6.45, 7) is 8.36. The molecule has 3 heteroatoms. The Morgan fingerprint density at radius 3 is 1.67 bits per heavy atom. The fraction of sp³-hybridized carbons (Fsp3) is 0.250. The minimum Gasteiger partial charge on any atom is -0.399 e. The number of hydrogen-bond donors (Lipinski definition) is 0. The van der Waals surface area contributed by atoms with Gasteiger partial charge in [0, 0.05) is 0 Å². The van der Waals surface area contributed by atoms with E-state index in [1.54, 1.807) is 0 Å². The minimum atomic E-state index is -0.380. The van der Waals surface area contributed by atoms with E-state index in [4.69, 9.17) is 9.31 Å². The van der Waals surface area contributed by atoms with E-state index in [0.717, 1.165) is 11.0 Å². The van der Waals surface area contributed by atoms with E-state index < -0.39 is 0 Å². The summed E-state index contributed by atoms with van der Waals surface area (Å²) in [7, 11) is -0.380. The zero-order chi connectivity index (χ0) is 19.1. The molecule has 1 aliphatic heterocycles. The molecule has 0 aromatic heterocycles. The predicted octanol–water partition coefficient (Wildman–Crippen LogP) is 5.32. The molecule has 1 heterocycles. The second kappa shape index (κ2) is 6.67. The van der Waals surface area contributed by atoms with Crippen molar-refractivity contribution in [3.05, 3.63) is 78.9 Å². The Hall–Kier alpha value is -2.36. The maximum absolute atomic E-state index is 6.34. The average molecular weight is 356 g/mol. The molecule has 0 atom stereocenters.